The molecular formula is C18H18O2. The van der Waals surface area contributed by atoms with Crippen LogP contribution in [-0.2, 0) is 11.8 Å². The SMILES string of the molecule is CC(C)(C(=O)c1cccc2c1OCC2)c1ccccc1. The van der Waals surface area contributed by atoms with Gasteiger partial charge in [-0.15, -0.1) is 0 Å². The maximum absolute atomic E-state index is 12.9. The normalized spacial score (nSPS) is 13.7. The van der Waals surface area contributed by atoms with Gasteiger partial charge in [-0.1, -0.05) is 42.5 Å². The molecule has 0 radical (unpaired) electrons. The number of fused-ring (bicyclic) bond motifs is 1. The van der Waals surface area contributed by atoms with E-state index in [-0.39, 0.29) is 5.78 Å². The number of para-hydroxylation sites is 1. The lowest BCUT2D eigenvalue weighted by molar-refractivity contribution is 0.0905. The fourth-order valence-corrected chi connectivity index (χ4v) is 2.72. The molecular weight excluding hydrogens is 248 g/mol. The average molecular weight is 266 g/mol. The molecule has 2 heteroatoms. The average Bonchev–Trinajstić information content (AvgIpc) is 2.95. The van der Waals surface area contributed by atoms with Crippen LogP contribution in [0.1, 0.15) is 35.3 Å². The molecule has 1 heterocycles. The number of Topliss-reactive ketones (excluding diaryl/α,β-unsaturated/α-hetero) is 1. The molecule has 0 saturated heterocycles. The van der Waals surface area contributed by atoms with E-state index in [1.54, 1.807) is 0 Å². The molecule has 0 N–H and O–H groups in total. The van der Waals surface area contributed by atoms with E-state index < -0.39 is 5.41 Å². The Balaban J connectivity index is 2.03. The molecule has 3 rings (SSSR count). The number of ether oxygens (including phenoxy) is 1. The molecule has 1 aliphatic rings. The number of carbonyl (C=O) groups excluding carboxylic acids is 1. The number of ketones is 1. The number of rotatable bonds is 3. The maximum atomic E-state index is 12.9. The molecule has 0 unspecified atom stereocenters. The van der Waals surface area contributed by atoms with Crippen LogP contribution < -0.4 is 4.74 Å². The second-order valence-electron chi connectivity index (χ2n) is 5.71. The van der Waals surface area contributed by atoms with Gasteiger partial charge in [-0.3, -0.25) is 4.79 Å². The van der Waals surface area contributed by atoms with Gasteiger partial charge in [-0.2, -0.15) is 0 Å². The van der Waals surface area contributed by atoms with Crippen LogP contribution in [-0.4, -0.2) is 12.4 Å². The fraction of sp³-hybridized carbons (Fsp3) is 0.278. The Hall–Kier alpha value is -2.09. The summed E-state index contributed by atoms with van der Waals surface area (Å²) in [7, 11) is 0. The van der Waals surface area contributed by atoms with E-state index in [0.29, 0.717) is 12.2 Å². The van der Waals surface area contributed by atoms with Crippen LogP contribution in [0.25, 0.3) is 0 Å². The van der Waals surface area contributed by atoms with E-state index in [0.717, 1.165) is 23.3 Å². The Labute approximate surface area is 119 Å². The highest BCUT2D eigenvalue weighted by atomic mass is 16.5. The minimum Gasteiger partial charge on any atom is -0.492 e. The smallest absolute Gasteiger partial charge is 0.176 e. The van der Waals surface area contributed by atoms with Crippen LogP contribution in [0.15, 0.2) is 48.5 Å². The van der Waals surface area contributed by atoms with E-state index in [1.807, 2.05) is 62.4 Å². The zero-order valence-corrected chi connectivity index (χ0v) is 11.8. The molecule has 1 aliphatic heterocycles. The molecule has 2 aromatic carbocycles. The molecule has 0 atom stereocenters. The minimum atomic E-state index is -0.553. The lowest BCUT2D eigenvalue weighted by Crippen LogP contribution is -2.29. The summed E-state index contributed by atoms with van der Waals surface area (Å²) in [5.74, 6) is 0.893. The molecule has 2 aromatic rings. The summed E-state index contributed by atoms with van der Waals surface area (Å²) in [6, 6.07) is 15.8. The van der Waals surface area contributed by atoms with Crippen molar-refractivity contribution in [2.24, 2.45) is 0 Å². The molecule has 0 aliphatic carbocycles. The first kappa shape index (κ1) is 12.9. The van der Waals surface area contributed by atoms with Crippen molar-refractivity contribution >= 4 is 5.78 Å². The summed E-state index contributed by atoms with van der Waals surface area (Å²) in [6.45, 7) is 4.61. The van der Waals surface area contributed by atoms with Gasteiger partial charge in [-0.05, 0) is 31.0 Å². The maximum Gasteiger partial charge on any atom is 0.176 e. The van der Waals surface area contributed by atoms with Gasteiger partial charge in [0.25, 0.3) is 0 Å². The van der Waals surface area contributed by atoms with Crippen molar-refractivity contribution in [3.63, 3.8) is 0 Å². The van der Waals surface area contributed by atoms with E-state index in [4.69, 9.17) is 4.74 Å². The Kier molecular flexibility index (Phi) is 3.09. The van der Waals surface area contributed by atoms with Crippen LogP contribution in [0, 0.1) is 0 Å². The quantitative estimate of drug-likeness (QED) is 0.790. The van der Waals surface area contributed by atoms with Crippen molar-refractivity contribution in [2.45, 2.75) is 25.7 Å². The number of hydrogen-bond acceptors (Lipinski definition) is 2. The van der Waals surface area contributed by atoms with Crippen molar-refractivity contribution in [3.05, 3.63) is 65.2 Å². The molecule has 0 amide bonds. The highest BCUT2D eigenvalue weighted by Crippen LogP contribution is 2.35. The summed E-state index contributed by atoms with van der Waals surface area (Å²) < 4.78 is 5.66. The Bertz CT molecular complexity index is 642. The molecule has 2 nitrogen and oxygen atoms in total. The monoisotopic (exact) mass is 266 g/mol. The molecule has 20 heavy (non-hydrogen) atoms. The summed E-state index contributed by atoms with van der Waals surface area (Å²) in [6.07, 6.45) is 0.891. The van der Waals surface area contributed by atoms with Crippen molar-refractivity contribution in [1.29, 1.82) is 0 Å². The Morgan fingerprint density at radius 1 is 1.05 bits per heavy atom. The van der Waals surface area contributed by atoms with Gasteiger partial charge in [0.2, 0.25) is 0 Å². The lowest BCUT2D eigenvalue weighted by Gasteiger charge is -2.24. The van der Waals surface area contributed by atoms with Crippen molar-refractivity contribution in [3.8, 4) is 5.75 Å². The van der Waals surface area contributed by atoms with E-state index >= 15 is 0 Å². The molecule has 0 saturated carbocycles. The fourth-order valence-electron chi connectivity index (χ4n) is 2.72. The van der Waals surface area contributed by atoms with Crippen LogP contribution in [0.4, 0.5) is 0 Å². The van der Waals surface area contributed by atoms with Crippen molar-refractivity contribution < 1.29 is 9.53 Å². The molecule has 0 fully saturated rings. The van der Waals surface area contributed by atoms with Gasteiger partial charge in [0.1, 0.15) is 5.75 Å². The first-order chi connectivity index (χ1) is 9.60. The lowest BCUT2D eigenvalue weighted by atomic mass is 9.77. The van der Waals surface area contributed by atoms with Gasteiger partial charge in [0.05, 0.1) is 17.6 Å². The van der Waals surface area contributed by atoms with Crippen LogP contribution in [0.3, 0.4) is 0 Å². The summed E-state index contributed by atoms with van der Waals surface area (Å²) in [4.78, 5) is 12.9. The topological polar surface area (TPSA) is 26.3 Å². The van der Waals surface area contributed by atoms with Crippen molar-refractivity contribution in [2.75, 3.05) is 6.61 Å². The van der Waals surface area contributed by atoms with Gasteiger partial charge in [0, 0.05) is 6.42 Å². The second-order valence-corrected chi connectivity index (χ2v) is 5.71. The van der Waals surface area contributed by atoms with E-state index in [9.17, 15) is 4.79 Å². The first-order valence-electron chi connectivity index (χ1n) is 6.96. The second kappa shape index (κ2) is 4.78. The van der Waals surface area contributed by atoms with Crippen LogP contribution in [0.5, 0.6) is 5.75 Å². The molecule has 0 bridgehead atoms. The van der Waals surface area contributed by atoms with E-state index in [2.05, 4.69) is 0 Å². The van der Waals surface area contributed by atoms with Gasteiger partial charge in [0.15, 0.2) is 5.78 Å². The minimum absolute atomic E-state index is 0.113. The predicted octanol–water partition coefficient (Wildman–Crippen LogP) is 3.78. The van der Waals surface area contributed by atoms with Crippen molar-refractivity contribution in [1.82, 2.24) is 0 Å². The zero-order chi connectivity index (χ0) is 14.2. The highest BCUT2D eigenvalue weighted by Gasteiger charge is 2.33. The third kappa shape index (κ3) is 2.01. The van der Waals surface area contributed by atoms with E-state index in [1.165, 1.54) is 0 Å². The zero-order valence-electron chi connectivity index (χ0n) is 11.8. The van der Waals surface area contributed by atoms with Gasteiger partial charge in [-0.25, -0.2) is 0 Å². The standard InChI is InChI=1S/C18H18O2/c1-18(2,14-8-4-3-5-9-14)17(19)15-10-6-7-13-11-12-20-16(13)15/h3-10H,11-12H2,1-2H3. The van der Waals surface area contributed by atoms with Gasteiger partial charge >= 0.3 is 0 Å². The molecule has 0 spiro atoms. The van der Waals surface area contributed by atoms with Crippen LogP contribution >= 0.6 is 0 Å². The Morgan fingerprint density at radius 2 is 1.80 bits per heavy atom. The number of carbonyl (C=O) groups is 1. The van der Waals surface area contributed by atoms with Crippen LogP contribution in [0.2, 0.25) is 0 Å². The summed E-state index contributed by atoms with van der Waals surface area (Å²) in [5.41, 5.74) is 2.32. The third-order valence-corrected chi connectivity index (χ3v) is 4.02. The number of hydrogen-bond donors (Lipinski definition) is 0. The predicted molar refractivity (Wildman–Crippen MR) is 79.4 cm³/mol. The third-order valence-electron chi connectivity index (χ3n) is 4.02. The summed E-state index contributed by atoms with van der Waals surface area (Å²) in [5, 5.41) is 0. The largest absolute Gasteiger partial charge is 0.492 e. The summed E-state index contributed by atoms with van der Waals surface area (Å²) >= 11 is 0. The molecule has 102 valence electrons. The Morgan fingerprint density at radius 3 is 2.55 bits per heavy atom. The number of benzene rings is 2. The van der Waals surface area contributed by atoms with Gasteiger partial charge < -0.3 is 4.74 Å². The highest BCUT2D eigenvalue weighted by molar-refractivity contribution is 6.06. The first-order valence-corrected chi connectivity index (χ1v) is 6.96. The molecule has 0 aromatic heterocycles.